The van der Waals surface area contributed by atoms with E-state index in [1.54, 1.807) is 0 Å². The molecule has 92 valence electrons. The summed E-state index contributed by atoms with van der Waals surface area (Å²) in [5, 5.41) is 0. The van der Waals surface area contributed by atoms with Crippen LogP contribution in [0.3, 0.4) is 0 Å². The number of carbonyl (C=O) groups is 1. The van der Waals surface area contributed by atoms with Crippen molar-refractivity contribution in [3.05, 3.63) is 35.9 Å². The highest BCUT2D eigenvalue weighted by molar-refractivity contribution is 5.97. The van der Waals surface area contributed by atoms with E-state index in [-0.39, 0.29) is 18.4 Å². The minimum Gasteiger partial charge on any atom is -0.461 e. The highest BCUT2D eigenvalue weighted by atomic mass is 16.5. The Hall–Kier alpha value is -1.64. The summed E-state index contributed by atoms with van der Waals surface area (Å²) in [4.78, 5) is 15.8. The van der Waals surface area contributed by atoms with Gasteiger partial charge in [0.2, 0.25) is 0 Å². The van der Waals surface area contributed by atoms with Gasteiger partial charge in [-0.15, -0.1) is 0 Å². The number of nitrogens with zero attached hydrogens (tertiary/aromatic N) is 1. The van der Waals surface area contributed by atoms with Gasteiger partial charge in [0.1, 0.15) is 6.61 Å². The fourth-order valence-corrected chi connectivity index (χ4v) is 1.48. The van der Waals surface area contributed by atoms with Gasteiger partial charge in [-0.3, -0.25) is 9.79 Å². The van der Waals surface area contributed by atoms with Gasteiger partial charge in [-0.1, -0.05) is 30.3 Å². The third kappa shape index (κ3) is 5.85. The first-order valence-electron chi connectivity index (χ1n) is 5.80. The van der Waals surface area contributed by atoms with Gasteiger partial charge >= 0.3 is 5.97 Å². The maximum absolute atomic E-state index is 11.5. The van der Waals surface area contributed by atoms with Crippen molar-refractivity contribution in [2.75, 3.05) is 0 Å². The van der Waals surface area contributed by atoms with Gasteiger partial charge in [0.15, 0.2) is 0 Å². The Morgan fingerprint density at radius 1 is 1.29 bits per heavy atom. The van der Waals surface area contributed by atoms with Crippen LogP contribution in [-0.2, 0) is 16.1 Å². The molecule has 0 aliphatic heterocycles. The second-order valence-electron chi connectivity index (χ2n) is 4.28. The largest absolute Gasteiger partial charge is 0.461 e. The van der Waals surface area contributed by atoms with E-state index in [0.29, 0.717) is 6.61 Å². The van der Waals surface area contributed by atoms with Crippen molar-refractivity contribution in [3.63, 3.8) is 0 Å². The lowest BCUT2D eigenvalue weighted by Crippen LogP contribution is -2.10. The Morgan fingerprint density at radius 2 is 1.94 bits per heavy atom. The van der Waals surface area contributed by atoms with E-state index in [2.05, 4.69) is 4.99 Å². The van der Waals surface area contributed by atoms with Crippen LogP contribution in [-0.4, -0.2) is 17.7 Å². The quantitative estimate of drug-likeness (QED) is 0.579. The molecule has 0 bridgehead atoms. The standard InChI is InChI=1S/C14H19NO2/c1-11(2)15-12(3)9-14(16)17-10-13-7-5-4-6-8-13/h4-8,11H,9-10H2,1-3H3. The summed E-state index contributed by atoms with van der Waals surface area (Å²) in [6.07, 6.45) is 0.269. The van der Waals surface area contributed by atoms with E-state index in [9.17, 15) is 4.79 Å². The Morgan fingerprint density at radius 3 is 2.53 bits per heavy atom. The topological polar surface area (TPSA) is 38.7 Å². The smallest absolute Gasteiger partial charge is 0.311 e. The van der Waals surface area contributed by atoms with Crippen LogP contribution < -0.4 is 0 Å². The zero-order chi connectivity index (χ0) is 12.7. The molecule has 3 heteroatoms. The number of rotatable bonds is 5. The van der Waals surface area contributed by atoms with Crippen LogP contribution in [0.1, 0.15) is 32.8 Å². The van der Waals surface area contributed by atoms with Gasteiger partial charge in [0, 0.05) is 11.8 Å². The molecule has 1 aromatic rings. The van der Waals surface area contributed by atoms with Gasteiger partial charge in [-0.25, -0.2) is 0 Å². The number of hydrogen-bond donors (Lipinski definition) is 0. The molecule has 0 fully saturated rings. The lowest BCUT2D eigenvalue weighted by Gasteiger charge is -2.05. The summed E-state index contributed by atoms with van der Waals surface area (Å²) >= 11 is 0. The van der Waals surface area contributed by atoms with Crippen LogP contribution in [0.25, 0.3) is 0 Å². The Kier molecular flexibility index (Phi) is 5.40. The minimum absolute atomic E-state index is 0.219. The molecule has 3 nitrogen and oxygen atoms in total. The summed E-state index contributed by atoms with van der Waals surface area (Å²) in [7, 11) is 0. The highest BCUT2D eigenvalue weighted by Gasteiger charge is 2.05. The lowest BCUT2D eigenvalue weighted by molar-refractivity contribution is -0.143. The zero-order valence-electron chi connectivity index (χ0n) is 10.6. The molecule has 0 unspecified atom stereocenters. The molecule has 0 saturated heterocycles. The summed E-state index contributed by atoms with van der Waals surface area (Å²) in [6, 6.07) is 9.87. The van der Waals surface area contributed by atoms with Crippen LogP contribution in [0.2, 0.25) is 0 Å². The average Bonchev–Trinajstić information content (AvgIpc) is 2.26. The summed E-state index contributed by atoms with van der Waals surface area (Å²) < 4.78 is 5.16. The molecular formula is C14H19NO2. The molecule has 0 heterocycles. The van der Waals surface area contributed by atoms with E-state index in [1.807, 2.05) is 51.1 Å². The van der Waals surface area contributed by atoms with Crippen molar-refractivity contribution < 1.29 is 9.53 Å². The maximum Gasteiger partial charge on any atom is 0.311 e. The van der Waals surface area contributed by atoms with Crippen LogP contribution in [0, 0.1) is 0 Å². The molecule has 0 aromatic heterocycles. The first-order chi connectivity index (χ1) is 8.08. The lowest BCUT2D eigenvalue weighted by atomic mass is 10.2. The van der Waals surface area contributed by atoms with Crippen molar-refractivity contribution in [1.29, 1.82) is 0 Å². The molecule has 1 rings (SSSR count). The minimum atomic E-state index is -0.226. The van der Waals surface area contributed by atoms with Crippen molar-refractivity contribution >= 4 is 11.7 Å². The van der Waals surface area contributed by atoms with E-state index < -0.39 is 0 Å². The number of benzene rings is 1. The van der Waals surface area contributed by atoms with Crippen LogP contribution in [0.4, 0.5) is 0 Å². The molecular weight excluding hydrogens is 214 g/mol. The maximum atomic E-state index is 11.5. The third-order valence-electron chi connectivity index (χ3n) is 2.12. The Balaban J connectivity index is 2.36. The van der Waals surface area contributed by atoms with Crippen molar-refractivity contribution in [2.45, 2.75) is 39.8 Å². The molecule has 0 radical (unpaired) electrons. The van der Waals surface area contributed by atoms with E-state index in [4.69, 9.17) is 4.74 Å². The van der Waals surface area contributed by atoms with E-state index in [0.717, 1.165) is 11.3 Å². The van der Waals surface area contributed by atoms with Gasteiger partial charge < -0.3 is 4.74 Å². The molecule has 0 aliphatic rings. The highest BCUT2D eigenvalue weighted by Crippen LogP contribution is 2.02. The summed E-state index contributed by atoms with van der Waals surface area (Å²) in [6.45, 7) is 6.15. The number of carbonyl (C=O) groups excluding carboxylic acids is 1. The second-order valence-corrected chi connectivity index (χ2v) is 4.28. The molecule has 0 spiro atoms. The van der Waals surface area contributed by atoms with Crippen molar-refractivity contribution in [2.24, 2.45) is 4.99 Å². The van der Waals surface area contributed by atoms with Gasteiger partial charge in [-0.2, -0.15) is 0 Å². The fourth-order valence-electron chi connectivity index (χ4n) is 1.48. The van der Waals surface area contributed by atoms with Gasteiger partial charge in [0.25, 0.3) is 0 Å². The number of ether oxygens (including phenoxy) is 1. The van der Waals surface area contributed by atoms with E-state index >= 15 is 0 Å². The van der Waals surface area contributed by atoms with Crippen LogP contribution >= 0.6 is 0 Å². The molecule has 0 atom stereocenters. The molecule has 0 amide bonds. The van der Waals surface area contributed by atoms with Gasteiger partial charge in [0.05, 0.1) is 6.42 Å². The number of hydrogen-bond acceptors (Lipinski definition) is 3. The monoisotopic (exact) mass is 233 g/mol. The Labute approximate surface area is 103 Å². The fraction of sp³-hybridized carbons (Fsp3) is 0.429. The summed E-state index contributed by atoms with van der Waals surface area (Å²) in [5.41, 5.74) is 1.82. The molecule has 17 heavy (non-hydrogen) atoms. The third-order valence-corrected chi connectivity index (χ3v) is 2.12. The van der Waals surface area contributed by atoms with Crippen molar-refractivity contribution in [3.8, 4) is 0 Å². The number of esters is 1. The first-order valence-corrected chi connectivity index (χ1v) is 5.80. The predicted octanol–water partition coefficient (Wildman–Crippen LogP) is 2.99. The zero-order valence-corrected chi connectivity index (χ0v) is 10.6. The van der Waals surface area contributed by atoms with Crippen LogP contribution in [0.15, 0.2) is 35.3 Å². The molecule has 0 N–H and O–H groups in total. The van der Waals surface area contributed by atoms with Crippen molar-refractivity contribution in [1.82, 2.24) is 0 Å². The molecule has 0 aliphatic carbocycles. The summed E-state index contributed by atoms with van der Waals surface area (Å²) in [5.74, 6) is -0.226. The Bertz CT molecular complexity index is 382. The number of aliphatic imine (C=N–C) groups is 1. The van der Waals surface area contributed by atoms with E-state index in [1.165, 1.54) is 0 Å². The predicted molar refractivity (Wildman–Crippen MR) is 69.1 cm³/mol. The SMILES string of the molecule is CC(CC(=O)OCc1ccccc1)=NC(C)C. The average molecular weight is 233 g/mol. The molecule has 1 aromatic carbocycles. The van der Waals surface area contributed by atoms with Crippen LogP contribution in [0.5, 0.6) is 0 Å². The molecule has 0 saturated carbocycles. The second kappa shape index (κ2) is 6.84. The van der Waals surface area contributed by atoms with Gasteiger partial charge in [-0.05, 0) is 26.3 Å². The first kappa shape index (κ1) is 13.4. The normalized spacial score (nSPS) is 11.6.